The van der Waals surface area contributed by atoms with Gasteiger partial charge in [-0.25, -0.2) is 0 Å². The normalized spacial score (nSPS) is 10.5. The van der Waals surface area contributed by atoms with E-state index < -0.39 is 0 Å². The zero-order valence-corrected chi connectivity index (χ0v) is 17.3. The number of hydrogen-bond donors (Lipinski definition) is 1. The van der Waals surface area contributed by atoms with Crippen molar-refractivity contribution in [2.75, 3.05) is 0 Å². The summed E-state index contributed by atoms with van der Waals surface area (Å²) in [7, 11) is 0. The molecule has 0 saturated heterocycles. The van der Waals surface area contributed by atoms with Crippen molar-refractivity contribution in [1.29, 1.82) is 0 Å². The SMILES string of the molecule is S=C(NCc1ccccc1Cl)c1ccc(OCc2ccc(Cl)cc2)c(Cl)c1. The highest BCUT2D eigenvalue weighted by Crippen LogP contribution is 2.27. The number of rotatable bonds is 6. The highest BCUT2D eigenvalue weighted by molar-refractivity contribution is 7.80. The molecule has 1 N–H and O–H groups in total. The number of nitrogens with one attached hydrogen (secondary N) is 1. The highest BCUT2D eigenvalue weighted by atomic mass is 35.5. The van der Waals surface area contributed by atoms with Crippen LogP contribution in [0.2, 0.25) is 15.1 Å². The van der Waals surface area contributed by atoms with E-state index in [9.17, 15) is 0 Å². The molecular weight excluding hydrogens is 421 g/mol. The Labute approximate surface area is 179 Å². The van der Waals surface area contributed by atoms with Gasteiger partial charge in [0.1, 0.15) is 17.3 Å². The van der Waals surface area contributed by atoms with E-state index in [2.05, 4.69) is 5.32 Å². The van der Waals surface area contributed by atoms with Crippen LogP contribution in [0.25, 0.3) is 0 Å². The van der Waals surface area contributed by atoms with Crippen LogP contribution in [0.4, 0.5) is 0 Å². The van der Waals surface area contributed by atoms with Crippen molar-refractivity contribution in [3.05, 3.63) is 98.5 Å². The minimum absolute atomic E-state index is 0.408. The van der Waals surface area contributed by atoms with Gasteiger partial charge in [0.15, 0.2) is 0 Å². The highest BCUT2D eigenvalue weighted by Gasteiger charge is 2.08. The zero-order valence-electron chi connectivity index (χ0n) is 14.2. The number of ether oxygens (including phenoxy) is 1. The molecular formula is C21H16Cl3NOS. The van der Waals surface area contributed by atoms with Gasteiger partial charge in [0, 0.05) is 22.2 Å². The predicted octanol–water partition coefficient (Wildman–Crippen LogP) is 6.69. The lowest BCUT2D eigenvalue weighted by Crippen LogP contribution is -2.21. The maximum Gasteiger partial charge on any atom is 0.138 e. The number of halogens is 3. The zero-order chi connectivity index (χ0) is 19.2. The molecule has 0 amide bonds. The van der Waals surface area contributed by atoms with Crippen LogP contribution in [0, 0.1) is 0 Å². The molecule has 0 fully saturated rings. The molecule has 3 aromatic rings. The molecule has 138 valence electrons. The Kier molecular flexibility index (Phi) is 6.97. The van der Waals surface area contributed by atoms with Crippen molar-refractivity contribution in [2.24, 2.45) is 0 Å². The standard InChI is InChI=1S/C21H16Cl3NOS/c22-17-8-5-14(6-9-17)13-26-20-10-7-15(11-19(20)24)21(27)25-12-16-3-1-2-4-18(16)23/h1-11H,12-13H2,(H,25,27). The number of benzene rings is 3. The van der Waals surface area contributed by atoms with Crippen molar-refractivity contribution in [3.63, 3.8) is 0 Å². The van der Waals surface area contributed by atoms with Gasteiger partial charge in [-0.3, -0.25) is 0 Å². The Balaban J connectivity index is 1.60. The quantitative estimate of drug-likeness (QED) is 0.435. The molecule has 0 heterocycles. The largest absolute Gasteiger partial charge is 0.487 e. The predicted molar refractivity (Wildman–Crippen MR) is 117 cm³/mol. The lowest BCUT2D eigenvalue weighted by Gasteiger charge is -2.12. The maximum atomic E-state index is 6.35. The molecule has 0 saturated carbocycles. The Hall–Kier alpha value is -1.78. The second kappa shape index (κ2) is 9.43. The second-order valence-corrected chi connectivity index (χ2v) is 7.49. The number of thiocarbonyl (C=S) groups is 1. The summed E-state index contributed by atoms with van der Waals surface area (Å²) in [5, 5.41) is 5.10. The first-order chi connectivity index (χ1) is 13.0. The summed E-state index contributed by atoms with van der Waals surface area (Å²) in [4.78, 5) is 0.598. The van der Waals surface area contributed by atoms with Gasteiger partial charge in [0.2, 0.25) is 0 Å². The molecule has 0 spiro atoms. The van der Waals surface area contributed by atoms with Gasteiger partial charge in [-0.15, -0.1) is 0 Å². The van der Waals surface area contributed by atoms with E-state index in [1.54, 1.807) is 6.07 Å². The van der Waals surface area contributed by atoms with Gasteiger partial charge < -0.3 is 10.1 Å². The molecule has 0 aliphatic heterocycles. The summed E-state index contributed by atoms with van der Waals surface area (Å²) in [5.74, 6) is 0.601. The van der Waals surface area contributed by atoms with E-state index >= 15 is 0 Å². The second-order valence-electron chi connectivity index (χ2n) is 5.83. The molecule has 0 aliphatic carbocycles. The average Bonchev–Trinajstić information content (AvgIpc) is 2.67. The van der Waals surface area contributed by atoms with E-state index in [1.165, 1.54) is 0 Å². The minimum Gasteiger partial charge on any atom is -0.487 e. The fourth-order valence-corrected chi connectivity index (χ4v) is 3.18. The Morgan fingerprint density at radius 2 is 1.63 bits per heavy atom. The first-order valence-corrected chi connectivity index (χ1v) is 9.75. The fourth-order valence-electron chi connectivity index (χ4n) is 2.42. The third kappa shape index (κ3) is 5.60. The van der Waals surface area contributed by atoms with E-state index in [0.717, 1.165) is 16.7 Å². The Morgan fingerprint density at radius 3 is 2.33 bits per heavy atom. The first-order valence-electron chi connectivity index (χ1n) is 8.21. The molecule has 0 bridgehead atoms. The molecule has 3 aromatic carbocycles. The van der Waals surface area contributed by atoms with Gasteiger partial charge in [-0.1, -0.05) is 77.4 Å². The van der Waals surface area contributed by atoms with E-state index in [-0.39, 0.29) is 0 Å². The van der Waals surface area contributed by atoms with Crippen molar-refractivity contribution in [2.45, 2.75) is 13.2 Å². The molecule has 0 radical (unpaired) electrons. The Morgan fingerprint density at radius 1 is 0.889 bits per heavy atom. The van der Waals surface area contributed by atoms with Crippen LogP contribution in [0.15, 0.2) is 66.7 Å². The molecule has 0 atom stereocenters. The summed E-state index contributed by atoms with van der Waals surface area (Å²) in [6.07, 6.45) is 0. The van der Waals surface area contributed by atoms with Gasteiger partial charge in [-0.2, -0.15) is 0 Å². The van der Waals surface area contributed by atoms with Gasteiger partial charge in [-0.05, 0) is 47.5 Å². The van der Waals surface area contributed by atoms with E-state index in [0.29, 0.717) is 39.0 Å². The molecule has 2 nitrogen and oxygen atoms in total. The summed E-state index contributed by atoms with van der Waals surface area (Å²) in [6, 6.07) is 20.6. The molecule has 0 aromatic heterocycles. The molecule has 3 rings (SSSR count). The van der Waals surface area contributed by atoms with Crippen LogP contribution in [0.5, 0.6) is 5.75 Å². The average molecular weight is 437 g/mol. The van der Waals surface area contributed by atoms with Crippen LogP contribution in [-0.2, 0) is 13.2 Å². The van der Waals surface area contributed by atoms with Gasteiger partial charge >= 0.3 is 0 Å². The number of hydrogen-bond acceptors (Lipinski definition) is 2. The van der Waals surface area contributed by atoms with Crippen LogP contribution >= 0.6 is 47.0 Å². The van der Waals surface area contributed by atoms with Crippen LogP contribution in [-0.4, -0.2) is 4.99 Å². The lowest BCUT2D eigenvalue weighted by molar-refractivity contribution is 0.306. The smallest absolute Gasteiger partial charge is 0.138 e. The summed E-state index contributed by atoms with van der Waals surface area (Å²) >= 11 is 23.9. The Bertz CT molecular complexity index is 944. The monoisotopic (exact) mass is 435 g/mol. The first kappa shape index (κ1) is 20.0. The van der Waals surface area contributed by atoms with Crippen LogP contribution < -0.4 is 10.1 Å². The molecule has 27 heavy (non-hydrogen) atoms. The third-order valence-electron chi connectivity index (χ3n) is 3.90. The van der Waals surface area contributed by atoms with Crippen molar-refractivity contribution >= 4 is 52.0 Å². The van der Waals surface area contributed by atoms with Crippen LogP contribution in [0.1, 0.15) is 16.7 Å². The summed E-state index contributed by atoms with van der Waals surface area (Å²) < 4.78 is 5.79. The van der Waals surface area contributed by atoms with Crippen LogP contribution in [0.3, 0.4) is 0 Å². The van der Waals surface area contributed by atoms with Crippen molar-refractivity contribution in [3.8, 4) is 5.75 Å². The summed E-state index contributed by atoms with van der Waals surface area (Å²) in [5.41, 5.74) is 2.81. The van der Waals surface area contributed by atoms with E-state index in [4.69, 9.17) is 51.8 Å². The molecule has 0 aliphatic rings. The van der Waals surface area contributed by atoms with Gasteiger partial charge in [0.25, 0.3) is 0 Å². The summed E-state index contributed by atoms with van der Waals surface area (Å²) in [6.45, 7) is 0.955. The van der Waals surface area contributed by atoms with Crippen molar-refractivity contribution in [1.82, 2.24) is 5.32 Å². The lowest BCUT2D eigenvalue weighted by atomic mass is 10.2. The third-order valence-corrected chi connectivity index (χ3v) is 5.20. The topological polar surface area (TPSA) is 21.3 Å². The molecule has 0 unspecified atom stereocenters. The molecule has 6 heteroatoms. The van der Waals surface area contributed by atoms with Crippen molar-refractivity contribution < 1.29 is 4.74 Å². The van der Waals surface area contributed by atoms with Gasteiger partial charge in [0.05, 0.1) is 5.02 Å². The minimum atomic E-state index is 0.408. The van der Waals surface area contributed by atoms with E-state index in [1.807, 2.05) is 60.7 Å². The maximum absolute atomic E-state index is 6.35. The fraction of sp³-hybridized carbons (Fsp3) is 0.0952.